The molecule has 3 fully saturated rings. The van der Waals surface area contributed by atoms with Gasteiger partial charge in [0.05, 0.1) is 29.4 Å². The molecule has 1 amide bonds. The van der Waals surface area contributed by atoms with E-state index in [0.717, 1.165) is 26.1 Å². The highest BCUT2D eigenvalue weighted by atomic mass is 35.5. The van der Waals surface area contributed by atoms with Gasteiger partial charge in [0.25, 0.3) is 0 Å². The van der Waals surface area contributed by atoms with Crippen LogP contribution in [0.25, 0.3) is 10.9 Å². The molecule has 204 valence electrons. The zero-order valence-corrected chi connectivity index (χ0v) is 22.1. The van der Waals surface area contributed by atoms with Gasteiger partial charge in [-0.2, -0.15) is 0 Å². The molecular formula is C28H30ClFN6O3. The molecule has 6 rings (SSSR count). The van der Waals surface area contributed by atoms with E-state index in [0.29, 0.717) is 59.1 Å². The van der Waals surface area contributed by atoms with Crippen LogP contribution in [0.2, 0.25) is 5.02 Å². The van der Waals surface area contributed by atoms with Crippen LogP contribution < -0.4 is 20.7 Å². The number of ether oxygens (including phenoxy) is 2. The standard InChI is InChI=1S/C28H30ClFN6O3/c29-22-10-17(3-6-23(22)30)34-28-21-11-25(26(12-24(21)32-16-33-28)39-20-7-9-38-15-20)35-27(37)2-1-8-36-18-4-5-19(36)14-31-13-18/h1-3,6,10-12,16,18-20,31H,4-5,7-9,13-15H2,(H,35,37)(H,32,33,34)/t18?,19?,20-/m0/s1. The number of rotatable bonds is 8. The van der Waals surface area contributed by atoms with Gasteiger partial charge in [-0.1, -0.05) is 17.7 Å². The second-order valence-corrected chi connectivity index (χ2v) is 10.5. The van der Waals surface area contributed by atoms with E-state index in [2.05, 4.69) is 30.8 Å². The van der Waals surface area contributed by atoms with E-state index in [9.17, 15) is 9.18 Å². The minimum Gasteiger partial charge on any atom is -0.486 e. The summed E-state index contributed by atoms with van der Waals surface area (Å²) in [5.41, 5.74) is 1.69. The molecule has 0 radical (unpaired) electrons. The zero-order valence-electron chi connectivity index (χ0n) is 21.3. The number of halogens is 2. The topological polar surface area (TPSA) is 101 Å². The fourth-order valence-corrected chi connectivity index (χ4v) is 5.68. The number of hydrogen-bond acceptors (Lipinski definition) is 8. The Morgan fingerprint density at radius 3 is 2.82 bits per heavy atom. The summed E-state index contributed by atoms with van der Waals surface area (Å²) in [7, 11) is 0. The Labute approximate surface area is 230 Å². The van der Waals surface area contributed by atoms with Crippen LogP contribution in [-0.4, -0.2) is 71.8 Å². The number of aromatic nitrogens is 2. The van der Waals surface area contributed by atoms with Crippen LogP contribution in [-0.2, 0) is 9.53 Å². The molecule has 3 saturated heterocycles. The van der Waals surface area contributed by atoms with Crippen LogP contribution in [0.15, 0.2) is 48.8 Å². The van der Waals surface area contributed by atoms with Gasteiger partial charge in [0.15, 0.2) is 0 Å². The fraction of sp³-hybridized carbons (Fsp3) is 0.393. The summed E-state index contributed by atoms with van der Waals surface area (Å²) in [6, 6.07) is 8.99. The van der Waals surface area contributed by atoms with E-state index >= 15 is 0 Å². The number of anilines is 3. The maximum absolute atomic E-state index is 13.7. The first-order valence-corrected chi connectivity index (χ1v) is 13.6. The summed E-state index contributed by atoms with van der Waals surface area (Å²) in [6.07, 6.45) is 7.98. The van der Waals surface area contributed by atoms with Crippen molar-refractivity contribution in [3.8, 4) is 5.75 Å². The monoisotopic (exact) mass is 552 g/mol. The molecule has 3 atom stereocenters. The minimum absolute atomic E-state index is 0.00129. The van der Waals surface area contributed by atoms with Gasteiger partial charge in [0, 0.05) is 61.4 Å². The highest BCUT2D eigenvalue weighted by Crippen LogP contribution is 2.35. The third-order valence-electron chi connectivity index (χ3n) is 7.47. The van der Waals surface area contributed by atoms with Crippen molar-refractivity contribution in [2.45, 2.75) is 37.5 Å². The molecule has 3 N–H and O–H groups in total. The molecule has 1 aromatic heterocycles. The van der Waals surface area contributed by atoms with E-state index in [-0.39, 0.29) is 17.0 Å². The number of carbonyl (C=O) groups is 1. The van der Waals surface area contributed by atoms with Crippen molar-refractivity contribution in [1.82, 2.24) is 20.2 Å². The highest BCUT2D eigenvalue weighted by Gasteiger charge is 2.35. The average Bonchev–Trinajstić information content (AvgIpc) is 3.50. The highest BCUT2D eigenvalue weighted by molar-refractivity contribution is 6.31. The summed E-state index contributed by atoms with van der Waals surface area (Å²) in [5.74, 6) is 0.240. The summed E-state index contributed by atoms with van der Waals surface area (Å²) in [6.45, 7) is 3.87. The van der Waals surface area contributed by atoms with Gasteiger partial charge < -0.3 is 25.4 Å². The molecule has 3 aliphatic rings. The Morgan fingerprint density at radius 2 is 2.05 bits per heavy atom. The maximum Gasteiger partial charge on any atom is 0.248 e. The lowest BCUT2D eigenvalue weighted by Crippen LogP contribution is -2.51. The Kier molecular flexibility index (Phi) is 7.60. The molecule has 2 bridgehead atoms. The Hall–Kier alpha value is -3.31. The van der Waals surface area contributed by atoms with Gasteiger partial charge in [-0.15, -0.1) is 0 Å². The molecule has 9 nitrogen and oxygen atoms in total. The summed E-state index contributed by atoms with van der Waals surface area (Å²) >= 11 is 5.96. The molecule has 0 saturated carbocycles. The number of nitrogens with one attached hydrogen (secondary N) is 3. The number of amides is 1. The second-order valence-electron chi connectivity index (χ2n) is 10.1. The van der Waals surface area contributed by atoms with Crippen LogP contribution in [0.3, 0.4) is 0 Å². The van der Waals surface area contributed by atoms with Crippen molar-refractivity contribution in [3.63, 3.8) is 0 Å². The van der Waals surface area contributed by atoms with Gasteiger partial charge in [0.2, 0.25) is 5.91 Å². The number of fused-ring (bicyclic) bond motifs is 3. The van der Waals surface area contributed by atoms with Crippen LogP contribution in [0.5, 0.6) is 5.75 Å². The average molecular weight is 553 g/mol. The number of hydrogen-bond donors (Lipinski definition) is 3. The molecule has 11 heteroatoms. The van der Waals surface area contributed by atoms with Crippen LogP contribution in [0, 0.1) is 5.82 Å². The molecule has 0 aliphatic carbocycles. The Morgan fingerprint density at radius 1 is 1.21 bits per heavy atom. The molecule has 2 aromatic carbocycles. The fourth-order valence-electron chi connectivity index (χ4n) is 5.50. The number of benzene rings is 2. The molecule has 39 heavy (non-hydrogen) atoms. The third-order valence-corrected chi connectivity index (χ3v) is 7.76. The number of carbonyl (C=O) groups excluding carboxylic acids is 1. The lowest BCUT2D eigenvalue weighted by atomic mass is 10.1. The SMILES string of the molecule is O=C(C=CCN1C2CCC1CNC2)Nc1cc2c(Nc3ccc(F)c(Cl)c3)ncnc2cc1O[C@H]1CCOC1. The normalized spacial score (nSPS) is 23.0. The summed E-state index contributed by atoms with van der Waals surface area (Å²) in [4.78, 5) is 24.2. The van der Waals surface area contributed by atoms with Crippen molar-refractivity contribution in [3.05, 3.63) is 59.7 Å². The van der Waals surface area contributed by atoms with Crippen molar-refractivity contribution in [1.29, 1.82) is 0 Å². The van der Waals surface area contributed by atoms with Gasteiger partial charge in [-0.3, -0.25) is 9.69 Å². The van der Waals surface area contributed by atoms with Gasteiger partial charge in [-0.25, -0.2) is 14.4 Å². The quantitative estimate of drug-likeness (QED) is 0.356. The molecule has 3 aromatic rings. The van der Waals surface area contributed by atoms with Gasteiger partial charge in [-0.05, 0) is 37.1 Å². The Balaban J connectivity index is 1.25. The molecule has 4 heterocycles. The molecular weight excluding hydrogens is 523 g/mol. The molecule has 2 unspecified atom stereocenters. The lowest BCUT2D eigenvalue weighted by molar-refractivity contribution is -0.111. The van der Waals surface area contributed by atoms with E-state index in [1.807, 2.05) is 6.08 Å². The first-order chi connectivity index (χ1) is 19.0. The summed E-state index contributed by atoms with van der Waals surface area (Å²) in [5, 5.41) is 10.3. The van der Waals surface area contributed by atoms with Gasteiger partial charge in [0.1, 0.15) is 29.8 Å². The number of piperazine rings is 1. The van der Waals surface area contributed by atoms with E-state index in [4.69, 9.17) is 21.1 Å². The third kappa shape index (κ3) is 5.84. The number of nitrogens with zero attached hydrogens (tertiary/aromatic N) is 3. The molecule has 0 spiro atoms. The Bertz CT molecular complexity index is 1380. The van der Waals surface area contributed by atoms with Crippen LogP contribution in [0.4, 0.5) is 21.6 Å². The zero-order chi connectivity index (χ0) is 26.8. The largest absolute Gasteiger partial charge is 0.486 e. The van der Waals surface area contributed by atoms with E-state index < -0.39 is 5.82 Å². The predicted molar refractivity (Wildman–Crippen MR) is 148 cm³/mol. The van der Waals surface area contributed by atoms with E-state index in [1.54, 1.807) is 24.3 Å². The smallest absolute Gasteiger partial charge is 0.248 e. The maximum atomic E-state index is 13.7. The minimum atomic E-state index is -0.505. The van der Waals surface area contributed by atoms with Crippen molar-refractivity contribution in [2.75, 3.05) is 43.5 Å². The van der Waals surface area contributed by atoms with Crippen molar-refractivity contribution >= 4 is 45.6 Å². The predicted octanol–water partition coefficient (Wildman–Crippen LogP) is 4.26. The van der Waals surface area contributed by atoms with Crippen LogP contribution >= 0.6 is 11.6 Å². The lowest BCUT2D eigenvalue weighted by Gasteiger charge is -2.34. The molecule has 3 aliphatic heterocycles. The summed E-state index contributed by atoms with van der Waals surface area (Å²) < 4.78 is 25.3. The van der Waals surface area contributed by atoms with E-state index in [1.165, 1.54) is 31.3 Å². The van der Waals surface area contributed by atoms with Gasteiger partial charge >= 0.3 is 0 Å². The van der Waals surface area contributed by atoms with Crippen molar-refractivity contribution in [2.24, 2.45) is 0 Å². The second kappa shape index (κ2) is 11.4. The van der Waals surface area contributed by atoms with Crippen molar-refractivity contribution < 1.29 is 18.7 Å². The first-order valence-electron chi connectivity index (χ1n) is 13.2. The first kappa shape index (κ1) is 25.9. The van der Waals surface area contributed by atoms with Crippen LogP contribution in [0.1, 0.15) is 19.3 Å².